The average Bonchev–Trinajstić information content (AvgIpc) is 3.74. The molecule has 0 saturated heterocycles. The van der Waals surface area contributed by atoms with Crippen molar-refractivity contribution in [3.05, 3.63) is 176 Å². The first-order valence-corrected chi connectivity index (χ1v) is 17.6. The maximum absolute atomic E-state index is 5.17. The Bertz CT molecular complexity index is 2860. The van der Waals surface area contributed by atoms with Gasteiger partial charge in [-0.3, -0.25) is 4.57 Å². The number of thiophene rings is 1. The summed E-state index contributed by atoms with van der Waals surface area (Å²) in [5.41, 5.74) is 11.3. The number of rotatable bonds is 5. The summed E-state index contributed by atoms with van der Waals surface area (Å²) in [7, 11) is 0. The van der Waals surface area contributed by atoms with Gasteiger partial charge in [0.05, 0.1) is 16.7 Å². The van der Waals surface area contributed by atoms with Crippen LogP contribution in [-0.2, 0) is 0 Å². The van der Waals surface area contributed by atoms with Crippen molar-refractivity contribution in [2.24, 2.45) is 0 Å². The third-order valence-electron chi connectivity index (χ3n) is 9.71. The second-order valence-corrected chi connectivity index (χ2v) is 13.7. The molecule has 0 fully saturated rings. The number of benzene rings is 7. The molecule has 0 aliphatic heterocycles. The van der Waals surface area contributed by atoms with Crippen LogP contribution in [0, 0.1) is 0 Å². The molecule has 0 amide bonds. The minimum atomic E-state index is 0.658. The van der Waals surface area contributed by atoms with Gasteiger partial charge in [0, 0.05) is 42.7 Å². The average molecular weight is 656 g/mol. The summed E-state index contributed by atoms with van der Waals surface area (Å²) in [5, 5.41) is 4.99. The van der Waals surface area contributed by atoms with Crippen LogP contribution in [-0.4, -0.2) is 14.5 Å². The van der Waals surface area contributed by atoms with Crippen molar-refractivity contribution in [2.75, 3.05) is 0 Å². The lowest BCUT2D eigenvalue weighted by atomic mass is 9.98. The van der Waals surface area contributed by atoms with Crippen LogP contribution < -0.4 is 0 Å². The van der Waals surface area contributed by atoms with Gasteiger partial charge < -0.3 is 0 Å². The molecule has 7 aromatic carbocycles. The maximum Gasteiger partial charge on any atom is 0.235 e. The van der Waals surface area contributed by atoms with Crippen LogP contribution in [0.15, 0.2) is 176 Å². The topological polar surface area (TPSA) is 30.7 Å². The van der Waals surface area contributed by atoms with E-state index in [4.69, 9.17) is 9.97 Å². The SMILES string of the molecule is c1ccc(-c2ccc(-c3cccc(-c4ccnc(-n5c6ccccc6c6cc(-c7cccc8c7sc7ccccc78)ccc65)n4)c3)cc2)cc1. The highest BCUT2D eigenvalue weighted by molar-refractivity contribution is 7.26. The Hall–Kier alpha value is -6.36. The molecule has 0 aliphatic carbocycles. The van der Waals surface area contributed by atoms with E-state index in [9.17, 15) is 0 Å². The molecule has 3 aromatic heterocycles. The van der Waals surface area contributed by atoms with Crippen LogP contribution >= 0.6 is 11.3 Å². The van der Waals surface area contributed by atoms with Crippen LogP contribution in [0.25, 0.3) is 92.6 Å². The van der Waals surface area contributed by atoms with E-state index < -0.39 is 0 Å². The molecule has 3 heterocycles. The molecule has 0 unspecified atom stereocenters. The molecular formula is C46H29N3S. The highest BCUT2D eigenvalue weighted by Gasteiger charge is 2.17. The van der Waals surface area contributed by atoms with Crippen molar-refractivity contribution in [3.63, 3.8) is 0 Å². The Morgan fingerprint density at radius 2 is 1.06 bits per heavy atom. The van der Waals surface area contributed by atoms with Crippen LogP contribution in [0.4, 0.5) is 0 Å². The second kappa shape index (κ2) is 11.7. The van der Waals surface area contributed by atoms with Crippen molar-refractivity contribution in [1.29, 1.82) is 0 Å². The van der Waals surface area contributed by atoms with E-state index in [1.807, 2.05) is 29.7 Å². The fourth-order valence-corrected chi connectivity index (χ4v) is 8.53. The lowest BCUT2D eigenvalue weighted by Gasteiger charge is -2.10. The number of fused-ring (bicyclic) bond motifs is 6. The van der Waals surface area contributed by atoms with E-state index in [1.54, 1.807) is 0 Å². The third-order valence-corrected chi connectivity index (χ3v) is 10.9. The monoisotopic (exact) mass is 655 g/mol. The lowest BCUT2D eigenvalue weighted by Crippen LogP contribution is -2.01. The van der Waals surface area contributed by atoms with E-state index in [1.165, 1.54) is 58.8 Å². The number of hydrogen-bond donors (Lipinski definition) is 0. The summed E-state index contributed by atoms with van der Waals surface area (Å²) in [4.78, 5) is 10.00. The Balaban J connectivity index is 1.06. The summed E-state index contributed by atoms with van der Waals surface area (Å²) in [6, 6.07) is 60.6. The van der Waals surface area contributed by atoms with Gasteiger partial charge >= 0.3 is 0 Å². The lowest BCUT2D eigenvalue weighted by molar-refractivity contribution is 0.992. The van der Waals surface area contributed by atoms with E-state index in [0.29, 0.717) is 5.95 Å². The van der Waals surface area contributed by atoms with E-state index in [-0.39, 0.29) is 0 Å². The van der Waals surface area contributed by atoms with Gasteiger partial charge in [0.25, 0.3) is 0 Å². The molecule has 0 saturated carbocycles. The highest BCUT2D eigenvalue weighted by Crippen LogP contribution is 2.41. The van der Waals surface area contributed by atoms with Crippen LogP contribution in [0.2, 0.25) is 0 Å². The van der Waals surface area contributed by atoms with Crippen molar-refractivity contribution in [2.45, 2.75) is 0 Å². The van der Waals surface area contributed by atoms with E-state index in [0.717, 1.165) is 27.9 Å². The van der Waals surface area contributed by atoms with Gasteiger partial charge in [-0.25, -0.2) is 9.97 Å². The smallest absolute Gasteiger partial charge is 0.235 e. The molecule has 50 heavy (non-hydrogen) atoms. The van der Waals surface area contributed by atoms with E-state index >= 15 is 0 Å². The molecule has 0 bridgehead atoms. The number of hydrogen-bond acceptors (Lipinski definition) is 3. The van der Waals surface area contributed by atoms with Crippen molar-refractivity contribution in [3.8, 4) is 50.6 Å². The summed E-state index contributed by atoms with van der Waals surface area (Å²) < 4.78 is 4.84. The maximum atomic E-state index is 5.17. The molecule has 0 spiro atoms. The summed E-state index contributed by atoms with van der Waals surface area (Å²) in [5.74, 6) is 0.658. The Kier molecular flexibility index (Phi) is 6.68. The zero-order chi connectivity index (χ0) is 33.0. The van der Waals surface area contributed by atoms with Crippen molar-refractivity contribution in [1.82, 2.24) is 14.5 Å². The Morgan fingerprint density at radius 3 is 1.94 bits per heavy atom. The van der Waals surface area contributed by atoms with Crippen molar-refractivity contribution >= 4 is 53.3 Å². The largest absolute Gasteiger partial charge is 0.278 e. The Morgan fingerprint density at radius 1 is 0.420 bits per heavy atom. The summed E-state index contributed by atoms with van der Waals surface area (Å²) >= 11 is 1.87. The normalized spacial score (nSPS) is 11.6. The molecule has 0 radical (unpaired) electrons. The van der Waals surface area contributed by atoms with Gasteiger partial charge in [-0.15, -0.1) is 11.3 Å². The molecule has 10 rings (SSSR count). The Labute approximate surface area is 293 Å². The first-order chi connectivity index (χ1) is 24.8. The zero-order valence-electron chi connectivity index (χ0n) is 27.0. The first kappa shape index (κ1) is 28.6. The molecule has 0 aliphatic rings. The number of para-hydroxylation sites is 1. The van der Waals surface area contributed by atoms with Gasteiger partial charge in [0.15, 0.2) is 0 Å². The van der Waals surface area contributed by atoms with Gasteiger partial charge in [0.2, 0.25) is 5.95 Å². The number of nitrogens with zero attached hydrogens (tertiary/aromatic N) is 3. The molecule has 0 atom stereocenters. The van der Waals surface area contributed by atoms with Gasteiger partial charge in [-0.05, 0) is 69.8 Å². The van der Waals surface area contributed by atoms with Crippen molar-refractivity contribution < 1.29 is 0 Å². The fraction of sp³-hybridized carbons (Fsp3) is 0. The summed E-state index contributed by atoms with van der Waals surface area (Å²) in [6.45, 7) is 0. The van der Waals surface area contributed by atoms with Crippen LogP contribution in [0.3, 0.4) is 0 Å². The quantitative estimate of drug-likeness (QED) is 0.185. The van der Waals surface area contributed by atoms with E-state index in [2.05, 4.69) is 162 Å². The molecule has 4 heteroatoms. The predicted molar refractivity (Wildman–Crippen MR) is 211 cm³/mol. The third kappa shape index (κ3) is 4.73. The van der Waals surface area contributed by atoms with Gasteiger partial charge in [-0.1, -0.05) is 133 Å². The second-order valence-electron chi connectivity index (χ2n) is 12.6. The minimum absolute atomic E-state index is 0.658. The highest BCUT2D eigenvalue weighted by atomic mass is 32.1. The van der Waals surface area contributed by atoms with Crippen LogP contribution in [0.1, 0.15) is 0 Å². The van der Waals surface area contributed by atoms with Gasteiger partial charge in [-0.2, -0.15) is 0 Å². The molecule has 0 N–H and O–H groups in total. The standard InChI is InChI=1S/C46H29N3S/c1-2-10-30(11-3-1)31-20-22-32(23-21-31)33-12-8-13-35(28-33)41-26-27-47-46(48-41)49-42-18-6-4-14-37(42)40-29-34(24-25-43(40)49)36-16-9-17-39-38-15-5-7-19-44(38)50-45(36)39/h1-29H. The zero-order valence-corrected chi connectivity index (χ0v) is 27.8. The van der Waals surface area contributed by atoms with Gasteiger partial charge in [0.1, 0.15) is 0 Å². The fourth-order valence-electron chi connectivity index (χ4n) is 7.29. The summed E-state index contributed by atoms with van der Waals surface area (Å²) in [6.07, 6.45) is 1.87. The minimum Gasteiger partial charge on any atom is -0.278 e. The molecule has 10 aromatic rings. The molecule has 234 valence electrons. The number of aromatic nitrogens is 3. The predicted octanol–water partition coefficient (Wildman–Crippen LogP) is 12.6. The first-order valence-electron chi connectivity index (χ1n) is 16.8. The molecule has 3 nitrogen and oxygen atoms in total. The van der Waals surface area contributed by atoms with Crippen LogP contribution in [0.5, 0.6) is 0 Å². The molecular weight excluding hydrogens is 627 g/mol.